The van der Waals surface area contributed by atoms with E-state index >= 15 is 0 Å². The van der Waals surface area contributed by atoms with Gasteiger partial charge in [0.25, 0.3) is 0 Å². The number of aryl methyl sites for hydroxylation is 1. The fourth-order valence-corrected chi connectivity index (χ4v) is 2.32. The Morgan fingerprint density at radius 3 is 2.95 bits per heavy atom. The minimum absolute atomic E-state index is 0.0933. The molecule has 1 aromatic heterocycles. The van der Waals surface area contributed by atoms with E-state index in [0.717, 1.165) is 18.8 Å². The average molecular weight is 302 g/mol. The van der Waals surface area contributed by atoms with Crippen LogP contribution in [0.4, 0.5) is 0 Å². The minimum atomic E-state index is -0.572. The van der Waals surface area contributed by atoms with Crippen LogP contribution in [0.3, 0.4) is 0 Å². The van der Waals surface area contributed by atoms with Crippen LogP contribution in [0.1, 0.15) is 30.7 Å². The lowest BCUT2D eigenvalue weighted by molar-refractivity contribution is 0.0160. The molecule has 1 N–H and O–H groups in total. The van der Waals surface area contributed by atoms with Gasteiger partial charge >= 0.3 is 0 Å². The van der Waals surface area contributed by atoms with E-state index in [1.54, 1.807) is 13.0 Å². The van der Waals surface area contributed by atoms with Gasteiger partial charge in [0, 0.05) is 12.6 Å². The number of piperidine rings is 1. The molecule has 0 aliphatic carbocycles. The maximum atomic E-state index is 9.87. The smallest absolute Gasteiger partial charge is 0.213 e. The van der Waals surface area contributed by atoms with Crippen molar-refractivity contribution in [2.24, 2.45) is 5.16 Å². The molecule has 0 spiro atoms. The van der Waals surface area contributed by atoms with Crippen LogP contribution in [0, 0.1) is 6.92 Å². The van der Waals surface area contributed by atoms with Crippen molar-refractivity contribution in [1.29, 1.82) is 0 Å². The molecule has 20 heavy (non-hydrogen) atoms. The van der Waals surface area contributed by atoms with Gasteiger partial charge in [0.05, 0.1) is 5.69 Å². The first kappa shape index (κ1) is 15.3. The summed E-state index contributed by atoms with van der Waals surface area (Å²) in [6, 6.07) is 1.67. The van der Waals surface area contributed by atoms with Crippen molar-refractivity contribution in [3.63, 3.8) is 0 Å². The van der Waals surface area contributed by atoms with Gasteiger partial charge in [0.1, 0.15) is 12.7 Å². The van der Waals surface area contributed by atoms with Crippen molar-refractivity contribution in [2.75, 3.05) is 26.2 Å². The van der Waals surface area contributed by atoms with Crippen molar-refractivity contribution in [3.05, 3.63) is 17.5 Å². The molecule has 1 fully saturated rings. The van der Waals surface area contributed by atoms with E-state index in [2.05, 4.69) is 15.2 Å². The third-order valence-corrected chi connectivity index (χ3v) is 3.42. The van der Waals surface area contributed by atoms with Gasteiger partial charge in [0.15, 0.2) is 0 Å². The molecule has 2 heterocycles. The molecular formula is C13H20ClN3O3. The summed E-state index contributed by atoms with van der Waals surface area (Å²) in [6.45, 7) is 4.59. The van der Waals surface area contributed by atoms with Crippen molar-refractivity contribution in [3.8, 4) is 0 Å². The summed E-state index contributed by atoms with van der Waals surface area (Å²) in [7, 11) is 0. The van der Waals surface area contributed by atoms with Crippen LogP contribution in [0.15, 0.2) is 15.7 Å². The Balaban J connectivity index is 1.71. The van der Waals surface area contributed by atoms with Gasteiger partial charge in [-0.15, -0.1) is 0 Å². The number of hydrogen-bond acceptors (Lipinski definition) is 6. The Kier molecular flexibility index (Phi) is 5.82. The van der Waals surface area contributed by atoms with Crippen LogP contribution in [0.5, 0.6) is 0 Å². The van der Waals surface area contributed by atoms with E-state index in [1.165, 1.54) is 19.3 Å². The topological polar surface area (TPSA) is 71.1 Å². The molecule has 0 aromatic carbocycles. The van der Waals surface area contributed by atoms with Gasteiger partial charge in [-0.3, -0.25) is 0 Å². The molecule has 6 nitrogen and oxygen atoms in total. The molecular weight excluding hydrogens is 282 g/mol. The molecule has 0 saturated carbocycles. The van der Waals surface area contributed by atoms with Crippen LogP contribution >= 0.6 is 11.6 Å². The standard InChI is InChI=1S/C13H20ClN3O3/c1-10-7-12(20-15-10)13(14)16-19-9-11(18)8-17-5-3-2-4-6-17/h7,11,18H,2-6,8-9H2,1H3. The lowest BCUT2D eigenvalue weighted by Gasteiger charge is -2.27. The van der Waals surface area contributed by atoms with Gasteiger partial charge in [-0.25, -0.2) is 0 Å². The lowest BCUT2D eigenvalue weighted by atomic mass is 10.1. The van der Waals surface area contributed by atoms with Crippen LogP contribution in [-0.4, -0.2) is 52.7 Å². The zero-order valence-corrected chi connectivity index (χ0v) is 12.3. The lowest BCUT2D eigenvalue weighted by Crippen LogP contribution is -2.38. The van der Waals surface area contributed by atoms with Gasteiger partial charge < -0.3 is 19.4 Å². The highest BCUT2D eigenvalue weighted by atomic mass is 35.5. The Hall–Kier alpha value is -1.11. The molecule has 7 heteroatoms. The number of rotatable bonds is 6. The second kappa shape index (κ2) is 7.61. The Morgan fingerprint density at radius 2 is 2.30 bits per heavy atom. The molecule has 1 aliphatic heterocycles. The Labute approximate surface area is 123 Å². The molecule has 2 rings (SSSR count). The quantitative estimate of drug-likeness (QED) is 0.640. The fraction of sp³-hybridized carbons (Fsp3) is 0.692. The molecule has 0 radical (unpaired) electrons. The Bertz CT molecular complexity index is 444. The fourth-order valence-electron chi connectivity index (χ4n) is 2.18. The van der Waals surface area contributed by atoms with Crippen LogP contribution < -0.4 is 0 Å². The number of aliphatic hydroxyl groups excluding tert-OH is 1. The van der Waals surface area contributed by atoms with E-state index in [4.69, 9.17) is 21.0 Å². The summed E-state index contributed by atoms with van der Waals surface area (Å²) in [5.74, 6) is 0.356. The number of likely N-dealkylation sites (tertiary alicyclic amines) is 1. The minimum Gasteiger partial charge on any atom is -0.392 e. The first-order valence-corrected chi connectivity index (χ1v) is 7.22. The normalized spacial score (nSPS) is 19.1. The molecule has 1 aliphatic rings. The number of hydrogen-bond donors (Lipinski definition) is 1. The van der Waals surface area contributed by atoms with Gasteiger partial charge in [-0.2, -0.15) is 0 Å². The summed E-state index contributed by atoms with van der Waals surface area (Å²) in [5.41, 5.74) is 0.721. The largest absolute Gasteiger partial charge is 0.392 e. The summed E-state index contributed by atoms with van der Waals surface area (Å²) in [4.78, 5) is 7.29. The second-order valence-corrected chi connectivity index (χ2v) is 5.38. The molecule has 1 unspecified atom stereocenters. The molecule has 112 valence electrons. The van der Waals surface area contributed by atoms with E-state index in [-0.39, 0.29) is 11.8 Å². The zero-order chi connectivity index (χ0) is 14.4. The monoisotopic (exact) mass is 301 g/mol. The van der Waals surface area contributed by atoms with E-state index in [0.29, 0.717) is 12.3 Å². The number of aromatic nitrogens is 1. The highest BCUT2D eigenvalue weighted by molar-refractivity contribution is 6.69. The highest BCUT2D eigenvalue weighted by Gasteiger charge is 2.15. The predicted molar refractivity (Wildman–Crippen MR) is 75.9 cm³/mol. The van der Waals surface area contributed by atoms with Crippen molar-refractivity contribution < 1.29 is 14.5 Å². The second-order valence-electron chi connectivity index (χ2n) is 5.03. The number of aliphatic hydroxyl groups is 1. The van der Waals surface area contributed by atoms with Gasteiger partial charge in [-0.1, -0.05) is 28.3 Å². The average Bonchev–Trinajstić information content (AvgIpc) is 2.86. The molecule has 1 saturated heterocycles. The van der Waals surface area contributed by atoms with E-state index < -0.39 is 6.10 Å². The maximum Gasteiger partial charge on any atom is 0.213 e. The number of halogens is 1. The Morgan fingerprint density at radius 1 is 1.55 bits per heavy atom. The first-order valence-electron chi connectivity index (χ1n) is 6.84. The van der Waals surface area contributed by atoms with E-state index in [1.807, 2.05) is 0 Å². The van der Waals surface area contributed by atoms with Crippen LogP contribution in [0.25, 0.3) is 0 Å². The zero-order valence-electron chi connectivity index (χ0n) is 11.6. The molecule has 1 atom stereocenters. The predicted octanol–water partition coefficient (Wildman–Crippen LogP) is 1.75. The van der Waals surface area contributed by atoms with Crippen LogP contribution in [0.2, 0.25) is 0 Å². The molecule has 1 aromatic rings. The van der Waals surface area contributed by atoms with Crippen molar-refractivity contribution in [2.45, 2.75) is 32.3 Å². The van der Waals surface area contributed by atoms with Gasteiger partial charge in [-0.05, 0) is 32.9 Å². The molecule has 0 amide bonds. The first-order chi connectivity index (χ1) is 9.65. The maximum absolute atomic E-state index is 9.87. The number of β-amino-alcohol motifs (C(OH)–C–C–N with tert-alkyl or cyclic N) is 1. The third kappa shape index (κ3) is 4.77. The number of nitrogens with zero attached hydrogens (tertiary/aromatic N) is 3. The molecule has 0 bridgehead atoms. The SMILES string of the molecule is Cc1cc(C(Cl)=NOCC(O)CN2CCCCC2)on1. The summed E-state index contributed by atoms with van der Waals surface area (Å²) < 4.78 is 4.94. The highest BCUT2D eigenvalue weighted by Crippen LogP contribution is 2.10. The third-order valence-electron chi connectivity index (χ3n) is 3.16. The van der Waals surface area contributed by atoms with Crippen LogP contribution in [-0.2, 0) is 4.84 Å². The number of oxime groups is 1. The van der Waals surface area contributed by atoms with Crippen molar-refractivity contribution in [1.82, 2.24) is 10.1 Å². The van der Waals surface area contributed by atoms with Crippen molar-refractivity contribution >= 4 is 16.8 Å². The summed E-state index contributed by atoms with van der Waals surface area (Å²) >= 11 is 5.89. The summed E-state index contributed by atoms with van der Waals surface area (Å²) in [5, 5.41) is 17.4. The summed E-state index contributed by atoms with van der Waals surface area (Å²) in [6.07, 6.45) is 3.10. The van der Waals surface area contributed by atoms with E-state index in [9.17, 15) is 5.11 Å². The van der Waals surface area contributed by atoms with Gasteiger partial charge in [0.2, 0.25) is 10.9 Å².